The van der Waals surface area contributed by atoms with Gasteiger partial charge in [-0.2, -0.15) is 0 Å². The van der Waals surface area contributed by atoms with E-state index in [1.165, 1.54) is 38.9 Å². The van der Waals surface area contributed by atoms with Crippen LogP contribution < -0.4 is 10.6 Å². The van der Waals surface area contributed by atoms with E-state index in [-0.39, 0.29) is 0 Å². The Hall–Kier alpha value is -1.21. The van der Waals surface area contributed by atoms with Gasteiger partial charge in [-0.3, -0.25) is 4.99 Å². The van der Waals surface area contributed by atoms with Crippen molar-refractivity contribution in [1.29, 1.82) is 0 Å². The highest BCUT2D eigenvalue weighted by Gasteiger charge is 2.15. The van der Waals surface area contributed by atoms with Gasteiger partial charge in [0.1, 0.15) is 0 Å². The summed E-state index contributed by atoms with van der Waals surface area (Å²) in [5.74, 6) is 4.27. The first-order chi connectivity index (χ1) is 9.76. The van der Waals surface area contributed by atoms with Crippen LogP contribution in [0.5, 0.6) is 0 Å². The molecule has 1 atom stereocenters. The number of likely N-dealkylation sites (tertiary alicyclic amines) is 1. The van der Waals surface area contributed by atoms with E-state index in [0.717, 1.165) is 31.4 Å². The number of terminal acetylenes is 1. The highest BCUT2D eigenvalue weighted by Crippen LogP contribution is 2.15. The summed E-state index contributed by atoms with van der Waals surface area (Å²) in [4.78, 5) is 7.13. The quantitative estimate of drug-likeness (QED) is 0.322. The molecule has 0 radical (unpaired) electrons. The van der Waals surface area contributed by atoms with Crippen LogP contribution in [0.1, 0.15) is 39.5 Å². The Labute approximate surface area is 124 Å². The molecular weight excluding hydrogens is 248 g/mol. The van der Waals surface area contributed by atoms with Crippen molar-refractivity contribution in [2.45, 2.75) is 39.5 Å². The van der Waals surface area contributed by atoms with Gasteiger partial charge < -0.3 is 15.5 Å². The van der Waals surface area contributed by atoms with E-state index in [9.17, 15) is 0 Å². The Bertz CT molecular complexity index is 319. The van der Waals surface area contributed by atoms with Crippen LogP contribution in [-0.2, 0) is 0 Å². The fourth-order valence-corrected chi connectivity index (χ4v) is 2.60. The van der Waals surface area contributed by atoms with E-state index in [1.54, 1.807) is 0 Å². The van der Waals surface area contributed by atoms with E-state index in [4.69, 9.17) is 6.42 Å². The number of nitrogens with one attached hydrogen (secondary N) is 2. The molecule has 1 saturated heterocycles. The van der Waals surface area contributed by atoms with Crippen LogP contribution in [0.4, 0.5) is 0 Å². The predicted molar refractivity (Wildman–Crippen MR) is 86.9 cm³/mol. The standard InChI is InChI=1S/C16H30N4/c1-4-10-18-16(17-5-2)19-11-6-7-12-20-13-8-9-15(3)14-20/h1,15H,5-14H2,2-3H3,(H2,17,18,19). The van der Waals surface area contributed by atoms with Crippen LogP contribution in [0.25, 0.3) is 0 Å². The van der Waals surface area contributed by atoms with Gasteiger partial charge >= 0.3 is 0 Å². The Kier molecular flexibility index (Phi) is 8.90. The lowest BCUT2D eigenvalue weighted by Crippen LogP contribution is -2.37. The molecule has 1 fully saturated rings. The second-order valence-electron chi connectivity index (χ2n) is 5.57. The number of aliphatic imine (C=N–C) groups is 1. The number of hydrogen-bond acceptors (Lipinski definition) is 2. The lowest BCUT2D eigenvalue weighted by molar-refractivity contribution is 0.181. The number of hydrogen-bond donors (Lipinski definition) is 2. The highest BCUT2D eigenvalue weighted by molar-refractivity contribution is 5.79. The molecule has 0 aliphatic carbocycles. The molecular formula is C16H30N4. The van der Waals surface area contributed by atoms with Crippen molar-refractivity contribution < 1.29 is 0 Å². The van der Waals surface area contributed by atoms with Crippen molar-refractivity contribution in [1.82, 2.24) is 15.5 Å². The molecule has 1 aliphatic rings. The van der Waals surface area contributed by atoms with Crippen molar-refractivity contribution in [3.63, 3.8) is 0 Å². The molecule has 1 rings (SSSR count). The van der Waals surface area contributed by atoms with Crippen LogP contribution >= 0.6 is 0 Å². The summed E-state index contributed by atoms with van der Waals surface area (Å²) in [6.07, 6.45) is 10.4. The molecule has 1 heterocycles. The molecule has 1 unspecified atom stereocenters. The molecule has 0 spiro atoms. The van der Waals surface area contributed by atoms with Crippen LogP contribution in [0.3, 0.4) is 0 Å². The average Bonchev–Trinajstić information content (AvgIpc) is 2.44. The minimum Gasteiger partial charge on any atom is -0.357 e. The van der Waals surface area contributed by atoms with E-state index < -0.39 is 0 Å². The molecule has 20 heavy (non-hydrogen) atoms. The Morgan fingerprint density at radius 1 is 1.40 bits per heavy atom. The summed E-state index contributed by atoms with van der Waals surface area (Å²) in [6.45, 7) is 10.4. The van der Waals surface area contributed by atoms with Gasteiger partial charge in [-0.05, 0) is 51.6 Å². The van der Waals surface area contributed by atoms with Gasteiger partial charge in [0, 0.05) is 19.6 Å². The second-order valence-corrected chi connectivity index (χ2v) is 5.57. The zero-order chi connectivity index (χ0) is 14.6. The minimum absolute atomic E-state index is 0.525. The minimum atomic E-state index is 0.525. The third-order valence-electron chi connectivity index (χ3n) is 3.60. The lowest BCUT2D eigenvalue weighted by atomic mass is 10.0. The van der Waals surface area contributed by atoms with E-state index in [1.807, 2.05) is 0 Å². The monoisotopic (exact) mass is 278 g/mol. The molecule has 0 aromatic heterocycles. The molecule has 0 amide bonds. The average molecular weight is 278 g/mol. The maximum absolute atomic E-state index is 5.24. The third-order valence-corrected chi connectivity index (χ3v) is 3.60. The van der Waals surface area contributed by atoms with Gasteiger partial charge in [0.2, 0.25) is 0 Å². The van der Waals surface area contributed by atoms with Crippen molar-refractivity contribution in [2.75, 3.05) is 39.3 Å². The SMILES string of the molecule is C#CCNC(=NCCCCN1CCCC(C)C1)NCC. The van der Waals surface area contributed by atoms with E-state index in [0.29, 0.717) is 6.54 Å². The Balaban J connectivity index is 2.13. The fraction of sp³-hybridized carbons (Fsp3) is 0.812. The molecule has 1 aliphatic heterocycles. The Morgan fingerprint density at radius 2 is 2.25 bits per heavy atom. The zero-order valence-corrected chi connectivity index (χ0v) is 13.1. The van der Waals surface area contributed by atoms with Gasteiger partial charge in [0.05, 0.1) is 6.54 Å². The zero-order valence-electron chi connectivity index (χ0n) is 13.1. The second kappa shape index (κ2) is 10.6. The van der Waals surface area contributed by atoms with Gasteiger partial charge in [0.25, 0.3) is 0 Å². The summed E-state index contributed by atoms with van der Waals surface area (Å²) in [5.41, 5.74) is 0. The van der Waals surface area contributed by atoms with Crippen molar-refractivity contribution in [3.8, 4) is 12.3 Å². The van der Waals surface area contributed by atoms with Crippen molar-refractivity contribution in [3.05, 3.63) is 0 Å². The molecule has 0 saturated carbocycles. The number of guanidine groups is 1. The number of nitrogens with zero attached hydrogens (tertiary/aromatic N) is 2. The molecule has 2 N–H and O–H groups in total. The van der Waals surface area contributed by atoms with E-state index in [2.05, 4.69) is 40.3 Å². The van der Waals surface area contributed by atoms with Crippen LogP contribution in [0.2, 0.25) is 0 Å². The topological polar surface area (TPSA) is 39.7 Å². The maximum atomic E-state index is 5.24. The molecule has 0 aromatic rings. The number of rotatable bonds is 7. The predicted octanol–water partition coefficient (Wildman–Crippen LogP) is 1.69. The van der Waals surface area contributed by atoms with Gasteiger partial charge in [0.15, 0.2) is 5.96 Å². The lowest BCUT2D eigenvalue weighted by Gasteiger charge is -2.30. The molecule has 0 aromatic carbocycles. The molecule has 4 nitrogen and oxygen atoms in total. The number of piperidine rings is 1. The number of unbranched alkanes of at least 4 members (excludes halogenated alkanes) is 1. The normalized spacial score (nSPS) is 20.4. The van der Waals surface area contributed by atoms with Gasteiger partial charge in [-0.1, -0.05) is 12.8 Å². The smallest absolute Gasteiger partial charge is 0.192 e. The Morgan fingerprint density at radius 3 is 2.95 bits per heavy atom. The molecule has 4 heteroatoms. The molecule has 0 bridgehead atoms. The highest BCUT2D eigenvalue weighted by atomic mass is 15.2. The first kappa shape index (κ1) is 16.8. The van der Waals surface area contributed by atoms with Gasteiger partial charge in [-0.15, -0.1) is 6.42 Å². The summed E-state index contributed by atoms with van der Waals surface area (Å²) < 4.78 is 0. The summed E-state index contributed by atoms with van der Waals surface area (Å²) in [6, 6.07) is 0. The van der Waals surface area contributed by atoms with E-state index >= 15 is 0 Å². The van der Waals surface area contributed by atoms with Crippen molar-refractivity contribution >= 4 is 5.96 Å². The van der Waals surface area contributed by atoms with Crippen LogP contribution in [-0.4, -0.2) is 50.1 Å². The largest absolute Gasteiger partial charge is 0.357 e. The van der Waals surface area contributed by atoms with Gasteiger partial charge in [-0.25, -0.2) is 0 Å². The molecule has 114 valence electrons. The van der Waals surface area contributed by atoms with Crippen LogP contribution in [0, 0.1) is 18.3 Å². The first-order valence-corrected chi connectivity index (χ1v) is 7.94. The first-order valence-electron chi connectivity index (χ1n) is 7.94. The fourth-order valence-electron chi connectivity index (χ4n) is 2.60. The summed E-state index contributed by atoms with van der Waals surface area (Å²) in [7, 11) is 0. The van der Waals surface area contributed by atoms with Crippen LogP contribution in [0.15, 0.2) is 4.99 Å². The maximum Gasteiger partial charge on any atom is 0.192 e. The van der Waals surface area contributed by atoms with Crippen molar-refractivity contribution in [2.24, 2.45) is 10.9 Å². The third kappa shape index (κ3) is 7.40. The summed E-state index contributed by atoms with van der Waals surface area (Å²) in [5, 5.41) is 6.31. The summed E-state index contributed by atoms with van der Waals surface area (Å²) >= 11 is 0.